The maximum atomic E-state index is 14.7. The number of piperazine rings is 1. The summed E-state index contributed by atoms with van der Waals surface area (Å²) in [6.07, 6.45) is -4.02. The first-order valence-corrected chi connectivity index (χ1v) is 13.9. The molecule has 1 unspecified atom stereocenters. The summed E-state index contributed by atoms with van der Waals surface area (Å²) in [6.45, 7) is 3.45. The van der Waals surface area contributed by atoms with Gasteiger partial charge in [0.15, 0.2) is 0 Å². The number of nitrogens with zero attached hydrogens (tertiary/aromatic N) is 3. The van der Waals surface area contributed by atoms with Crippen molar-refractivity contribution in [3.05, 3.63) is 88.7 Å². The van der Waals surface area contributed by atoms with Gasteiger partial charge in [0.25, 0.3) is 5.91 Å². The van der Waals surface area contributed by atoms with Gasteiger partial charge in [-0.2, -0.15) is 13.2 Å². The van der Waals surface area contributed by atoms with Gasteiger partial charge in [-0.15, -0.1) is 0 Å². The maximum Gasteiger partial charge on any atom is 0.416 e. The van der Waals surface area contributed by atoms with Gasteiger partial charge >= 0.3 is 6.18 Å². The van der Waals surface area contributed by atoms with Crippen LogP contribution in [0.25, 0.3) is 0 Å². The van der Waals surface area contributed by atoms with E-state index in [4.69, 9.17) is 4.74 Å². The molecule has 3 aliphatic heterocycles. The third-order valence-corrected chi connectivity index (χ3v) is 8.06. The SMILES string of the molecule is O=C1CCC(N2Cc3c(cc(F)cc3N3CCN(Cc4ccc(Oc5ccc(C(F)(F)F)cc5)cc4)CC3)C2=O)C(=O)N1. The van der Waals surface area contributed by atoms with Crippen molar-refractivity contribution in [2.45, 2.75) is 38.1 Å². The molecular weight excluding hydrogens is 568 g/mol. The quantitative estimate of drug-likeness (QED) is 0.328. The molecule has 3 amide bonds. The Hall–Kier alpha value is -4.45. The second-order valence-corrected chi connectivity index (χ2v) is 10.9. The predicted molar refractivity (Wildman–Crippen MR) is 148 cm³/mol. The van der Waals surface area contributed by atoms with E-state index in [0.717, 1.165) is 17.7 Å². The number of carbonyl (C=O) groups is 3. The van der Waals surface area contributed by atoms with Crippen LogP contribution < -0.4 is 15.0 Å². The van der Waals surface area contributed by atoms with E-state index in [1.54, 1.807) is 12.1 Å². The van der Waals surface area contributed by atoms with Crippen LogP contribution in [0.3, 0.4) is 0 Å². The molecule has 3 heterocycles. The summed E-state index contributed by atoms with van der Waals surface area (Å²) in [7, 11) is 0. The van der Waals surface area contributed by atoms with Crippen molar-refractivity contribution in [1.29, 1.82) is 0 Å². The number of ether oxygens (including phenoxy) is 1. The number of rotatable bonds is 6. The molecule has 8 nitrogen and oxygen atoms in total. The molecule has 3 aromatic carbocycles. The lowest BCUT2D eigenvalue weighted by Crippen LogP contribution is -2.52. The Morgan fingerprint density at radius 3 is 2.16 bits per heavy atom. The standard InChI is InChI=1S/C31H28F4N4O4/c32-21-15-24-25(18-39(30(24)42)26-9-10-28(40)36-29(26)41)27(16-21)38-13-11-37(12-14-38)17-19-1-5-22(6-2-19)43-23-7-3-20(4-8-23)31(33,34)35/h1-8,15-16,26H,9-14,17-18H2,(H,36,40,41). The van der Waals surface area contributed by atoms with Crippen molar-refractivity contribution in [1.82, 2.24) is 15.1 Å². The summed E-state index contributed by atoms with van der Waals surface area (Å²) in [5.41, 5.74) is 1.88. The number of imide groups is 1. The lowest BCUT2D eigenvalue weighted by atomic mass is 10.0. The van der Waals surface area contributed by atoms with E-state index in [1.165, 1.54) is 29.2 Å². The monoisotopic (exact) mass is 596 g/mol. The van der Waals surface area contributed by atoms with Gasteiger partial charge in [0, 0.05) is 62.5 Å². The minimum atomic E-state index is -4.40. The number of benzene rings is 3. The molecule has 1 atom stereocenters. The van der Waals surface area contributed by atoms with Crippen LogP contribution in [0.4, 0.5) is 23.2 Å². The number of piperidine rings is 1. The van der Waals surface area contributed by atoms with Gasteiger partial charge in [-0.1, -0.05) is 12.1 Å². The van der Waals surface area contributed by atoms with Crippen LogP contribution in [-0.4, -0.2) is 59.7 Å². The number of anilines is 1. The van der Waals surface area contributed by atoms with Crippen LogP contribution in [0.1, 0.15) is 39.9 Å². The minimum absolute atomic E-state index is 0.147. The van der Waals surface area contributed by atoms with Crippen molar-refractivity contribution in [2.24, 2.45) is 0 Å². The van der Waals surface area contributed by atoms with Crippen LogP contribution in [0, 0.1) is 5.82 Å². The van der Waals surface area contributed by atoms with Gasteiger partial charge in [0.2, 0.25) is 11.8 Å². The highest BCUT2D eigenvalue weighted by molar-refractivity contribution is 6.06. The normalized spacial score (nSPS) is 19.4. The van der Waals surface area contributed by atoms with Crippen molar-refractivity contribution in [3.8, 4) is 11.5 Å². The molecule has 3 aliphatic rings. The molecule has 1 N–H and O–H groups in total. The van der Waals surface area contributed by atoms with Crippen molar-refractivity contribution >= 4 is 23.4 Å². The largest absolute Gasteiger partial charge is 0.457 e. The zero-order chi connectivity index (χ0) is 30.3. The second kappa shape index (κ2) is 11.3. The van der Waals surface area contributed by atoms with Crippen molar-refractivity contribution < 1.29 is 36.7 Å². The summed E-state index contributed by atoms with van der Waals surface area (Å²) in [6, 6.07) is 13.8. The van der Waals surface area contributed by atoms with E-state index in [9.17, 15) is 31.9 Å². The topological polar surface area (TPSA) is 82.2 Å². The van der Waals surface area contributed by atoms with E-state index in [-0.39, 0.29) is 30.9 Å². The molecule has 43 heavy (non-hydrogen) atoms. The van der Waals surface area contributed by atoms with E-state index in [2.05, 4.69) is 15.1 Å². The number of fused-ring (bicyclic) bond motifs is 1. The fourth-order valence-electron chi connectivity index (χ4n) is 5.81. The Bertz CT molecular complexity index is 1550. The number of amides is 3. The average Bonchev–Trinajstić information content (AvgIpc) is 3.29. The molecule has 0 saturated carbocycles. The molecule has 0 radical (unpaired) electrons. The predicted octanol–water partition coefficient (Wildman–Crippen LogP) is 4.72. The van der Waals surface area contributed by atoms with Crippen LogP contribution in [0.5, 0.6) is 11.5 Å². The Kier molecular flexibility index (Phi) is 7.55. The highest BCUT2D eigenvalue weighted by Gasteiger charge is 2.41. The first-order valence-electron chi connectivity index (χ1n) is 13.9. The number of alkyl halides is 3. The summed E-state index contributed by atoms with van der Waals surface area (Å²) < 4.78 is 58.7. The molecule has 3 aromatic rings. The van der Waals surface area contributed by atoms with E-state index >= 15 is 0 Å². The molecule has 6 rings (SSSR count). The molecule has 0 aromatic heterocycles. The Morgan fingerprint density at radius 2 is 1.53 bits per heavy atom. The van der Waals surface area contributed by atoms with Crippen molar-refractivity contribution in [2.75, 3.05) is 31.1 Å². The molecule has 0 spiro atoms. The molecule has 12 heteroatoms. The van der Waals surface area contributed by atoms with Crippen molar-refractivity contribution in [3.63, 3.8) is 0 Å². The third-order valence-electron chi connectivity index (χ3n) is 8.06. The van der Waals surface area contributed by atoms with Crippen LogP contribution in [-0.2, 0) is 28.9 Å². The number of hydrogen-bond donors (Lipinski definition) is 1. The zero-order valence-electron chi connectivity index (χ0n) is 23.0. The number of hydrogen-bond acceptors (Lipinski definition) is 6. The van der Waals surface area contributed by atoms with Gasteiger partial charge in [0.1, 0.15) is 23.4 Å². The number of halogens is 4. The van der Waals surface area contributed by atoms with Crippen LogP contribution in [0.2, 0.25) is 0 Å². The maximum absolute atomic E-state index is 14.7. The van der Waals surface area contributed by atoms with Crippen LogP contribution in [0.15, 0.2) is 60.7 Å². The summed E-state index contributed by atoms with van der Waals surface area (Å²) in [5, 5.41) is 2.28. The van der Waals surface area contributed by atoms with Gasteiger partial charge in [-0.05, 0) is 60.5 Å². The fourth-order valence-corrected chi connectivity index (χ4v) is 5.81. The first-order chi connectivity index (χ1) is 20.5. The lowest BCUT2D eigenvalue weighted by molar-refractivity contribution is -0.138. The second-order valence-electron chi connectivity index (χ2n) is 10.9. The average molecular weight is 597 g/mol. The Labute approximate surface area is 244 Å². The molecule has 2 saturated heterocycles. The Morgan fingerprint density at radius 1 is 0.884 bits per heavy atom. The molecule has 224 valence electrons. The molecular formula is C31H28F4N4O4. The van der Waals surface area contributed by atoms with Gasteiger partial charge in [-0.25, -0.2) is 4.39 Å². The highest BCUT2D eigenvalue weighted by Crippen LogP contribution is 2.36. The van der Waals surface area contributed by atoms with Gasteiger partial charge < -0.3 is 14.5 Å². The summed E-state index contributed by atoms with van der Waals surface area (Å²) in [5.74, 6) is -0.982. The van der Waals surface area contributed by atoms with E-state index < -0.39 is 35.4 Å². The smallest absolute Gasteiger partial charge is 0.416 e. The van der Waals surface area contributed by atoms with Crippen LogP contribution >= 0.6 is 0 Å². The molecule has 0 bridgehead atoms. The molecule has 2 fully saturated rings. The van der Waals surface area contributed by atoms with Gasteiger partial charge in [0.05, 0.1) is 5.56 Å². The van der Waals surface area contributed by atoms with E-state index in [1.807, 2.05) is 12.1 Å². The minimum Gasteiger partial charge on any atom is -0.457 e. The number of carbonyl (C=O) groups excluding carboxylic acids is 3. The number of nitrogens with one attached hydrogen (secondary N) is 1. The Balaban J connectivity index is 1.06. The first kappa shape index (κ1) is 28.7. The zero-order valence-corrected chi connectivity index (χ0v) is 23.0. The summed E-state index contributed by atoms with van der Waals surface area (Å²) >= 11 is 0. The van der Waals surface area contributed by atoms with E-state index in [0.29, 0.717) is 55.5 Å². The summed E-state index contributed by atoms with van der Waals surface area (Å²) in [4.78, 5) is 42.9. The molecule has 0 aliphatic carbocycles. The fraction of sp³-hybridized carbons (Fsp3) is 0.323. The highest BCUT2D eigenvalue weighted by atomic mass is 19.4. The third kappa shape index (κ3) is 6.05. The van der Waals surface area contributed by atoms with Gasteiger partial charge in [-0.3, -0.25) is 24.6 Å². The lowest BCUT2D eigenvalue weighted by Gasteiger charge is -2.37.